The van der Waals surface area contributed by atoms with Crippen LogP contribution in [0.1, 0.15) is 34.1 Å². The summed E-state index contributed by atoms with van der Waals surface area (Å²) in [5.41, 5.74) is 5.86. The maximum Gasteiger partial charge on any atom is 0.178 e. The molecule has 1 fully saturated rings. The monoisotopic (exact) mass is 510 g/mol. The zero-order valence-corrected chi connectivity index (χ0v) is 22.6. The van der Waals surface area contributed by atoms with Gasteiger partial charge in [0.1, 0.15) is 0 Å². The van der Waals surface area contributed by atoms with E-state index in [1.807, 2.05) is 4.68 Å². The van der Waals surface area contributed by atoms with Crippen LogP contribution in [0.4, 0.5) is 0 Å². The van der Waals surface area contributed by atoms with Gasteiger partial charge in [0, 0.05) is 37.6 Å². The highest BCUT2D eigenvalue weighted by Gasteiger charge is 2.31. The van der Waals surface area contributed by atoms with Crippen molar-refractivity contribution >= 4 is 17.8 Å². The summed E-state index contributed by atoms with van der Waals surface area (Å²) in [5.74, 6) is 0.867. The lowest BCUT2D eigenvalue weighted by atomic mass is 10.0. The van der Waals surface area contributed by atoms with E-state index >= 15 is 0 Å². The van der Waals surface area contributed by atoms with Gasteiger partial charge < -0.3 is 0 Å². The van der Waals surface area contributed by atoms with Crippen LogP contribution in [0.3, 0.4) is 0 Å². The second-order valence-corrected chi connectivity index (χ2v) is 10.4. The Labute approximate surface area is 224 Å². The summed E-state index contributed by atoms with van der Waals surface area (Å²) in [5, 5.41) is 13.2. The van der Waals surface area contributed by atoms with E-state index in [0.29, 0.717) is 0 Å². The van der Waals surface area contributed by atoms with Gasteiger partial charge >= 0.3 is 0 Å². The fraction of sp³-hybridized carbons (Fsp3) is 0.300. The van der Waals surface area contributed by atoms with Crippen molar-refractivity contribution in [3.8, 4) is 5.69 Å². The van der Waals surface area contributed by atoms with E-state index in [-0.39, 0.29) is 6.04 Å². The molecule has 0 radical (unpaired) electrons. The molecule has 4 aromatic rings. The van der Waals surface area contributed by atoms with E-state index in [1.54, 1.807) is 11.8 Å². The Morgan fingerprint density at radius 2 is 1.57 bits per heavy atom. The topological polar surface area (TPSA) is 50.1 Å². The van der Waals surface area contributed by atoms with Crippen molar-refractivity contribution in [2.75, 3.05) is 39.0 Å². The average molecular weight is 511 g/mol. The summed E-state index contributed by atoms with van der Waals surface area (Å²) in [7, 11) is 0. The first-order chi connectivity index (χ1) is 18.1. The standard InChI is InChI=1S/C30H34N6S/c1-23-9-7-10-24(2)28(23)36-30(31-32-33-36)29(26-14-16-27(37-3)17-15-26)35-21-19-34(20-22-35)18-8-13-25-11-5-4-6-12-25/h4-17,29H,18-22H2,1-3H3/t29-/m1/s1. The number of thioether (sulfide) groups is 1. The molecule has 1 aromatic heterocycles. The summed E-state index contributed by atoms with van der Waals surface area (Å²) in [6, 6.07) is 25.7. The van der Waals surface area contributed by atoms with Gasteiger partial charge in [0.25, 0.3) is 0 Å². The van der Waals surface area contributed by atoms with Crippen molar-refractivity contribution in [3.63, 3.8) is 0 Å². The van der Waals surface area contributed by atoms with Crippen LogP contribution in [0, 0.1) is 13.8 Å². The van der Waals surface area contributed by atoms with Crippen molar-refractivity contribution in [1.82, 2.24) is 30.0 Å². The Balaban J connectivity index is 1.39. The molecule has 1 saturated heterocycles. The molecule has 0 amide bonds. The molecule has 5 rings (SSSR count). The summed E-state index contributed by atoms with van der Waals surface area (Å²) < 4.78 is 1.95. The van der Waals surface area contributed by atoms with Gasteiger partial charge in [-0.15, -0.1) is 16.9 Å². The van der Waals surface area contributed by atoms with E-state index in [9.17, 15) is 0 Å². The predicted molar refractivity (Wildman–Crippen MR) is 152 cm³/mol. The first-order valence-electron chi connectivity index (χ1n) is 12.8. The zero-order chi connectivity index (χ0) is 25.6. The second-order valence-electron chi connectivity index (χ2n) is 9.51. The maximum absolute atomic E-state index is 4.60. The SMILES string of the molecule is CSc1ccc([C@H](c2nnnn2-c2c(C)cccc2C)N2CCN(CC=Cc3ccccc3)CC2)cc1. The average Bonchev–Trinajstić information content (AvgIpc) is 3.39. The zero-order valence-electron chi connectivity index (χ0n) is 21.8. The minimum absolute atomic E-state index is 0.0214. The van der Waals surface area contributed by atoms with Crippen LogP contribution in [-0.2, 0) is 0 Å². The lowest BCUT2D eigenvalue weighted by Gasteiger charge is -2.38. The molecule has 0 spiro atoms. The van der Waals surface area contributed by atoms with Crippen LogP contribution < -0.4 is 0 Å². The molecule has 0 saturated carbocycles. The molecule has 1 atom stereocenters. The van der Waals surface area contributed by atoms with Gasteiger partial charge in [0.05, 0.1) is 11.7 Å². The van der Waals surface area contributed by atoms with Gasteiger partial charge in [0.15, 0.2) is 5.82 Å². The molecule has 0 unspecified atom stereocenters. The van der Waals surface area contributed by atoms with Crippen molar-refractivity contribution in [2.45, 2.75) is 24.8 Å². The maximum atomic E-state index is 4.60. The predicted octanol–water partition coefficient (Wildman–Crippen LogP) is 5.42. The lowest BCUT2D eigenvalue weighted by Crippen LogP contribution is -2.48. The van der Waals surface area contributed by atoms with E-state index < -0.39 is 0 Å². The first kappa shape index (κ1) is 25.4. The van der Waals surface area contributed by atoms with Crippen molar-refractivity contribution in [1.29, 1.82) is 0 Å². The second kappa shape index (κ2) is 11.9. The van der Waals surface area contributed by atoms with Crippen molar-refractivity contribution < 1.29 is 0 Å². The molecule has 6 nitrogen and oxygen atoms in total. The third-order valence-electron chi connectivity index (χ3n) is 7.07. The van der Waals surface area contributed by atoms with Crippen molar-refractivity contribution in [3.05, 3.63) is 107 Å². The Kier molecular flexibility index (Phi) is 8.14. The third-order valence-corrected chi connectivity index (χ3v) is 7.81. The largest absolute Gasteiger partial charge is 0.297 e. The summed E-state index contributed by atoms with van der Waals surface area (Å²) in [4.78, 5) is 6.30. The normalized spacial score (nSPS) is 15.9. The van der Waals surface area contributed by atoms with E-state index in [2.05, 4.69) is 130 Å². The molecule has 7 heteroatoms. The highest BCUT2D eigenvalue weighted by molar-refractivity contribution is 7.98. The van der Waals surface area contributed by atoms with E-state index in [1.165, 1.54) is 27.1 Å². The number of tetrazole rings is 1. The molecule has 0 aliphatic carbocycles. The molecule has 3 aromatic carbocycles. The molecule has 0 N–H and O–H groups in total. The van der Waals surface area contributed by atoms with Gasteiger partial charge in [-0.05, 0) is 64.9 Å². The van der Waals surface area contributed by atoms with Crippen molar-refractivity contribution in [2.24, 2.45) is 0 Å². The quantitative estimate of drug-likeness (QED) is 0.295. The number of aromatic nitrogens is 4. The van der Waals surface area contributed by atoms with Gasteiger partial charge in [-0.1, -0.05) is 72.8 Å². The summed E-state index contributed by atoms with van der Waals surface area (Å²) >= 11 is 1.76. The fourth-order valence-corrected chi connectivity index (χ4v) is 5.49. The number of para-hydroxylation sites is 1. The molecule has 1 aliphatic rings. The number of piperazine rings is 1. The fourth-order valence-electron chi connectivity index (χ4n) is 5.08. The third kappa shape index (κ3) is 5.85. The van der Waals surface area contributed by atoms with Crippen LogP contribution in [0.25, 0.3) is 11.8 Å². The smallest absolute Gasteiger partial charge is 0.178 e. The van der Waals surface area contributed by atoms with Crippen LogP contribution in [0.15, 0.2) is 83.8 Å². The van der Waals surface area contributed by atoms with Crippen LogP contribution in [0.5, 0.6) is 0 Å². The minimum Gasteiger partial charge on any atom is -0.297 e. The number of benzene rings is 3. The number of hydrogen-bond donors (Lipinski definition) is 0. The highest BCUT2D eigenvalue weighted by atomic mass is 32.2. The van der Waals surface area contributed by atoms with Gasteiger partial charge in [-0.2, -0.15) is 4.68 Å². The molecule has 2 heterocycles. The number of nitrogens with zero attached hydrogens (tertiary/aromatic N) is 6. The van der Waals surface area contributed by atoms with Crippen LogP contribution in [-0.4, -0.2) is 69.0 Å². The Bertz CT molecular complexity index is 1300. The number of rotatable bonds is 8. The number of aryl methyl sites for hydroxylation is 2. The summed E-state index contributed by atoms with van der Waals surface area (Å²) in [6.07, 6.45) is 6.59. The molecule has 1 aliphatic heterocycles. The van der Waals surface area contributed by atoms with E-state index in [4.69, 9.17) is 0 Å². The molecular weight excluding hydrogens is 476 g/mol. The summed E-state index contributed by atoms with van der Waals surface area (Å²) in [6.45, 7) is 9.11. The molecule has 0 bridgehead atoms. The Morgan fingerprint density at radius 3 is 2.24 bits per heavy atom. The molecule has 37 heavy (non-hydrogen) atoms. The lowest BCUT2D eigenvalue weighted by molar-refractivity contribution is 0.113. The molecule has 190 valence electrons. The van der Waals surface area contributed by atoms with Crippen LogP contribution in [0.2, 0.25) is 0 Å². The first-order valence-corrected chi connectivity index (χ1v) is 14.0. The van der Waals surface area contributed by atoms with Gasteiger partial charge in [-0.3, -0.25) is 9.80 Å². The molecular formula is C30H34N6S. The highest BCUT2D eigenvalue weighted by Crippen LogP contribution is 2.32. The van der Waals surface area contributed by atoms with Crippen LogP contribution >= 0.6 is 11.8 Å². The Hall–Kier alpha value is -3.26. The minimum atomic E-state index is -0.0214. The Morgan fingerprint density at radius 1 is 0.865 bits per heavy atom. The van der Waals surface area contributed by atoms with Gasteiger partial charge in [0.2, 0.25) is 0 Å². The van der Waals surface area contributed by atoms with Gasteiger partial charge in [-0.25, -0.2) is 0 Å². The van der Waals surface area contributed by atoms with E-state index in [0.717, 1.165) is 44.2 Å². The number of hydrogen-bond acceptors (Lipinski definition) is 6.